The Morgan fingerprint density at radius 2 is 1.87 bits per heavy atom. The summed E-state index contributed by atoms with van der Waals surface area (Å²) in [6, 6.07) is 14.9. The Hall–Kier alpha value is -3.48. The quantitative estimate of drug-likeness (QED) is 0.565. The Bertz CT molecular complexity index is 1180. The van der Waals surface area contributed by atoms with Gasteiger partial charge in [0.05, 0.1) is 17.3 Å². The van der Waals surface area contributed by atoms with E-state index in [1.54, 1.807) is 16.7 Å². The molecule has 1 fully saturated rings. The summed E-state index contributed by atoms with van der Waals surface area (Å²) in [5.74, 6) is -0.291. The van der Waals surface area contributed by atoms with Crippen LogP contribution in [0.15, 0.2) is 53.3 Å². The summed E-state index contributed by atoms with van der Waals surface area (Å²) in [5.41, 5.74) is 2.30. The first kappa shape index (κ1) is 20.8. The molecular weight excluding hydrogens is 394 g/mol. The molecule has 1 aliphatic carbocycles. The number of ether oxygens (including phenoxy) is 1. The number of carbonyl (C=O) groups is 2. The van der Waals surface area contributed by atoms with E-state index >= 15 is 0 Å². The summed E-state index contributed by atoms with van der Waals surface area (Å²) in [6.07, 6.45) is 3.01. The number of fused-ring (bicyclic) bond motifs is 1. The molecule has 31 heavy (non-hydrogen) atoms. The fourth-order valence-corrected chi connectivity index (χ4v) is 3.65. The molecule has 160 valence electrons. The van der Waals surface area contributed by atoms with Crippen LogP contribution in [0.5, 0.6) is 0 Å². The van der Waals surface area contributed by atoms with Crippen LogP contribution in [-0.2, 0) is 27.2 Å². The Labute approximate surface area is 180 Å². The highest BCUT2D eigenvalue weighted by molar-refractivity contribution is 5.93. The summed E-state index contributed by atoms with van der Waals surface area (Å²) in [4.78, 5) is 41.9. The van der Waals surface area contributed by atoms with E-state index in [0.29, 0.717) is 16.7 Å². The zero-order valence-corrected chi connectivity index (χ0v) is 17.5. The summed E-state index contributed by atoms with van der Waals surface area (Å²) in [5, 5.41) is 3.36. The summed E-state index contributed by atoms with van der Waals surface area (Å²) in [6.45, 7) is 1.66. The van der Waals surface area contributed by atoms with Crippen molar-refractivity contribution < 1.29 is 14.3 Å². The smallest absolute Gasteiger partial charge is 0.306 e. The lowest BCUT2D eigenvalue weighted by Crippen LogP contribution is -2.26. The minimum atomic E-state index is -0.497. The summed E-state index contributed by atoms with van der Waals surface area (Å²) >= 11 is 0. The van der Waals surface area contributed by atoms with E-state index in [-0.39, 0.29) is 37.0 Å². The molecule has 1 N–H and O–H groups in total. The van der Waals surface area contributed by atoms with Crippen molar-refractivity contribution in [3.63, 3.8) is 0 Å². The maximum absolute atomic E-state index is 12.9. The first-order valence-electron chi connectivity index (χ1n) is 10.6. The number of nitrogens with one attached hydrogen (secondary N) is 1. The van der Waals surface area contributed by atoms with Crippen molar-refractivity contribution in [1.82, 2.24) is 9.55 Å². The van der Waals surface area contributed by atoms with Crippen molar-refractivity contribution in [3.05, 3.63) is 70.3 Å². The minimum Gasteiger partial charge on any atom is -0.456 e. The van der Waals surface area contributed by atoms with E-state index in [0.717, 1.165) is 30.5 Å². The zero-order chi connectivity index (χ0) is 21.8. The third-order valence-corrected chi connectivity index (χ3v) is 5.38. The number of hydrogen-bond donors (Lipinski definition) is 1. The van der Waals surface area contributed by atoms with Gasteiger partial charge in [-0.25, -0.2) is 4.98 Å². The molecule has 7 nitrogen and oxygen atoms in total. The van der Waals surface area contributed by atoms with Crippen molar-refractivity contribution >= 4 is 28.5 Å². The van der Waals surface area contributed by atoms with Gasteiger partial charge in [-0.2, -0.15) is 0 Å². The molecule has 7 heteroatoms. The van der Waals surface area contributed by atoms with Crippen molar-refractivity contribution in [3.8, 4) is 0 Å². The average Bonchev–Trinajstić information content (AvgIpc) is 3.62. The van der Waals surface area contributed by atoms with Crippen LogP contribution in [0.3, 0.4) is 0 Å². The van der Waals surface area contributed by atoms with Crippen LogP contribution < -0.4 is 10.9 Å². The molecule has 0 bridgehead atoms. The van der Waals surface area contributed by atoms with Crippen molar-refractivity contribution in [2.45, 2.75) is 45.1 Å². The molecule has 0 saturated heterocycles. The number of aryl methyl sites for hydroxylation is 2. The van der Waals surface area contributed by atoms with Crippen LogP contribution in [-0.4, -0.2) is 28.0 Å². The minimum absolute atomic E-state index is 0.0519. The molecule has 2 aromatic carbocycles. The number of esters is 1. The Kier molecular flexibility index (Phi) is 6.11. The van der Waals surface area contributed by atoms with Gasteiger partial charge in [0, 0.05) is 18.2 Å². The number of benzene rings is 2. The fourth-order valence-electron chi connectivity index (χ4n) is 3.65. The van der Waals surface area contributed by atoms with Gasteiger partial charge in [-0.3, -0.25) is 19.0 Å². The number of aromatic nitrogens is 2. The largest absolute Gasteiger partial charge is 0.456 e. The van der Waals surface area contributed by atoms with Gasteiger partial charge in [-0.05, 0) is 43.0 Å². The number of nitrogens with zero attached hydrogens (tertiary/aromatic N) is 2. The lowest BCUT2D eigenvalue weighted by Gasteiger charge is -2.13. The topological polar surface area (TPSA) is 90.3 Å². The van der Waals surface area contributed by atoms with E-state index in [1.807, 2.05) is 43.3 Å². The number of rotatable bonds is 8. The van der Waals surface area contributed by atoms with Gasteiger partial charge < -0.3 is 10.1 Å². The highest BCUT2D eigenvalue weighted by atomic mass is 16.5. The van der Waals surface area contributed by atoms with E-state index in [4.69, 9.17) is 4.74 Å². The SMILES string of the molecule is CCc1ccccc1NC(=O)COC(=O)CCc1nc2ccccc2c(=O)n1C1CC1. The van der Waals surface area contributed by atoms with E-state index < -0.39 is 5.97 Å². The predicted molar refractivity (Wildman–Crippen MR) is 118 cm³/mol. The van der Waals surface area contributed by atoms with Crippen molar-refractivity contribution in [2.24, 2.45) is 0 Å². The molecule has 0 unspecified atom stereocenters. The van der Waals surface area contributed by atoms with Crippen molar-refractivity contribution in [1.29, 1.82) is 0 Å². The monoisotopic (exact) mass is 419 g/mol. The van der Waals surface area contributed by atoms with E-state index in [1.165, 1.54) is 0 Å². The highest BCUT2D eigenvalue weighted by Gasteiger charge is 2.28. The second kappa shape index (κ2) is 9.12. The molecule has 0 spiro atoms. The third kappa shape index (κ3) is 4.82. The van der Waals surface area contributed by atoms with Gasteiger partial charge in [0.1, 0.15) is 5.82 Å². The Balaban J connectivity index is 1.37. The Morgan fingerprint density at radius 1 is 1.13 bits per heavy atom. The van der Waals surface area contributed by atoms with Crippen LogP contribution in [0.2, 0.25) is 0 Å². The third-order valence-electron chi connectivity index (χ3n) is 5.38. The van der Waals surface area contributed by atoms with Crippen LogP contribution in [0, 0.1) is 0 Å². The Morgan fingerprint density at radius 3 is 2.65 bits per heavy atom. The van der Waals surface area contributed by atoms with Gasteiger partial charge in [0.25, 0.3) is 11.5 Å². The van der Waals surface area contributed by atoms with Gasteiger partial charge in [0.2, 0.25) is 0 Å². The fraction of sp³-hybridized carbons (Fsp3) is 0.333. The zero-order valence-electron chi connectivity index (χ0n) is 17.5. The second-order valence-corrected chi connectivity index (χ2v) is 7.67. The summed E-state index contributed by atoms with van der Waals surface area (Å²) in [7, 11) is 0. The first-order chi connectivity index (χ1) is 15.1. The van der Waals surface area contributed by atoms with Gasteiger partial charge in [-0.1, -0.05) is 37.3 Å². The number of carbonyl (C=O) groups excluding carboxylic acids is 2. The number of para-hydroxylation sites is 2. The maximum Gasteiger partial charge on any atom is 0.306 e. The molecule has 1 saturated carbocycles. The molecule has 3 aromatic rings. The van der Waals surface area contributed by atoms with Crippen LogP contribution >= 0.6 is 0 Å². The van der Waals surface area contributed by atoms with Crippen LogP contribution in [0.25, 0.3) is 10.9 Å². The van der Waals surface area contributed by atoms with Gasteiger partial charge in [-0.15, -0.1) is 0 Å². The molecule has 0 aliphatic heterocycles. The van der Waals surface area contributed by atoms with Crippen LogP contribution in [0.1, 0.15) is 43.6 Å². The maximum atomic E-state index is 12.9. The van der Waals surface area contributed by atoms with Crippen LogP contribution in [0.4, 0.5) is 5.69 Å². The van der Waals surface area contributed by atoms with Crippen molar-refractivity contribution in [2.75, 3.05) is 11.9 Å². The van der Waals surface area contributed by atoms with E-state index in [9.17, 15) is 14.4 Å². The lowest BCUT2D eigenvalue weighted by molar-refractivity contribution is -0.147. The molecule has 1 aliphatic rings. The average molecular weight is 419 g/mol. The number of anilines is 1. The number of hydrogen-bond acceptors (Lipinski definition) is 5. The first-order valence-corrected chi connectivity index (χ1v) is 10.6. The molecule has 0 atom stereocenters. The molecule has 4 rings (SSSR count). The molecule has 1 amide bonds. The predicted octanol–water partition coefficient (Wildman–Crippen LogP) is 3.41. The molecule has 0 radical (unpaired) electrons. The highest BCUT2D eigenvalue weighted by Crippen LogP contribution is 2.34. The number of amides is 1. The van der Waals surface area contributed by atoms with Gasteiger partial charge >= 0.3 is 5.97 Å². The second-order valence-electron chi connectivity index (χ2n) is 7.67. The normalized spacial score (nSPS) is 13.2. The summed E-state index contributed by atoms with van der Waals surface area (Å²) < 4.78 is 6.85. The standard InChI is InChI=1S/C24H25N3O4/c1-2-16-7-3-5-9-19(16)26-22(28)15-31-23(29)14-13-21-25-20-10-6-4-8-18(20)24(30)27(21)17-11-12-17/h3-10,17H,2,11-15H2,1H3,(H,26,28). The van der Waals surface area contributed by atoms with E-state index in [2.05, 4.69) is 10.3 Å². The molecule has 1 aromatic heterocycles. The molecular formula is C24H25N3O4. The lowest BCUT2D eigenvalue weighted by atomic mass is 10.1. The molecule has 1 heterocycles. The van der Waals surface area contributed by atoms with Gasteiger partial charge in [0.15, 0.2) is 6.61 Å².